The van der Waals surface area contributed by atoms with Crippen molar-refractivity contribution >= 4 is 22.2 Å². The second kappa shape index (κ2) is 4.02. The Morgan fingerprint density at radius 2 is 2.06 bits per heavy atom. The number of nitrogens with one attached hydrogen (secondary N) is 1. The molecule has 2 aromatic rings. The van der Waals surface area contributed by atoms with Crippen LogP contribution >= 0.6 is 11.3 Å². The third-order valence-electron chi connectivity index (χ3n) is 2.23. The minimum Gasteiger partial charge on any atom is -0.486 e. The molecule has 16 heavy (non-hydrogen) atoms. The van der Waals surface area contributed by atoms with E-state index in [0.717, 1.165) is 22.3 Å². The highest BCUT2D eigenvalue weighted by Crippen LogP contribution is 2.33. The van der Waals surface area contributed by atoms with Crippen molar-refractivity contribution in [1.82, 2.24) is 4.98 Å². The van der Waals surface area contributed by atoms with E-state index in [4.69, 9.17) is 9.47 Å². The lowest BCUT2D eigenvalue weighted by atomic mass is 10.2. The predicted octanol–water partition coefficient (Wildman–Crippen LogP) is 2.66. The fourth-order valence-corrected chi connectivity index (χ4v) is 2.08. The van der Waals surface area contributed by atoms with E-state index in [1.165, 1.54) is 0 Å². The summed E-state index contributed by atoms with van der Waals surface area (Å²) in [6, 6.07) is 5.79. The fraction of sp³-hybridized carbons (Fsp3) is 0.182. The molecule has 0 amide bonds. The molecule has 0 unspecified atom stereocenters. The zero-order valence-corrected chi connectivity index (χ0v) is 9.29. The lowest BCUT2D eigenvalue weighted by molar-refractivity contribution is 0.171. The minimum atomic E-state index is 0.605. The van der Waals surface area contributed by atoms with Crippen LogP contribution in [0.15, 0.2) is 29.8 Å². The maximum atomic E-state index is 5.50. The molecule has 0 bridgehead atoms. The Bertz CT molecular complexity index is 485. The maximum absolute atomic E-state index is 5.50. The van der Waals surface area contributed by atoms with Gasteiger partial charge in [-0.25, -0.2) is 4.98 Å². The largest absolute Gasteiger partial charge is 0.486 e. The van der Waals surface area contributed by atoms with Crippen molar-refractivity contribution in [3.8, 4) is 11.5 Å². The van der Waals surface area contributed by atoms with Crippen LogP contribution in [0.25, 0.3) is 0 Å². The third kappa shape index (κ3) is 1.81. The van der Waals surface area contributed by atoms with Gasteiger partial charge in [0, 0.05) is 23.3 Å². The Morgan fingerprint density at radius 1 is 1.19 bits per heavy atom. The Labute approximate surface area is 96.8 Å². The molecule has 0 saturated carbocycles. The van der Waals surface area contributed by atoms with E-state index in [0.29, 0.717) is 13.2 Å². The number of fused-ring (bicyclic) bond motifs is 1. The number of ether oxygens (including phenoxy) is 2. The van der Waals surface area contributed by atoms with Crippen LogP contribution in [-0.4, -0.2) is 18.2 Å². The first kappa shape index (κ1) is 9.47. The van der Waals surface area contributed by atoms with Gasteiger partial charge in [0.15, 0.2) is 16.6 Å². The van der Waals surface area contributed by atoms with Crippen molar-refractivity contribution < 1.29 is 9.47 Å². The lowest BCUT2D eigenvalue weighted by Crippen LogP contribution is -2.15. The van der Waals surface area contributed by atoms with Gasteiger partial charge in [-0.3, -0.25) is 0 Å². The molecule has 5 heteroatoms. The molecule has 0 saturated heterocycles. The van der Waals surface area contributed by atoms with E-state index < -0.39 is 0 Å². The zero-order chi connectivity index (χ0) is 10.8. The van der Waals surface area contributed by atoms with Gasteiger partial charge in [-0.15, -0.1) is 11.3 Å². The average molecular weight is 234 g/mol. The van der Waals surface area contributed by atoms with E-state index in [2.05, 4.69) is 10.3 Å². The first-order valence-electron chi connectivity index (χ1n) is 4.98. The number of anilines is 2. The fourth-order valence-electron chi connectivity index (χ4n) is 1.53. The molecule has 2 heterocycles. The van der Waals surface area contributed by atoms with Crippen molar-refractivity contribution in [2.75, 3.05) is 18.5 Å². The van der Waals surface area contributed by atoms with Gasteiger partial charge in [0.2, 0.25) is 0 Å². The van der Waals surface area contributed by atoms with Crippen LogP contribution in [0.5, 0.6) is 11.5 Å². The first-order chi connectivity index (χ1) is 7.92. The Hall–Kier alpha value is -1.75. The predicted molar refractivity (Wildman–Crippen MR) is 62.8 cm³/mol. The Morgan fingerprint density at radius 3 is 2.88 bits per heavy atom. The molecular weight excluding hydrogens is 224 g/mol. The summed E-state index contributed by atoms with van der Waals surface area (Å²) in [7, 11) is 0. The summed E-state index contributed by atoms with van der Waals surface area (Å²) in [6.45, 7) is 1.22. The number of benzene rings is 1. The molecule has 82 valence electrons. The standard InChI is InChI=1S/C11H10N2O2S/c1-2-9-10(15-5-4-14-9)7-8(1)13-11-12-3-6-16-11/h1-3,6-7H,4-5H2,(H,12,13). The molecule has 0 atom stereocenters. The molecular formula is C11H10N2O2S. The van der Waals surface area contributed by atoms with E-state index in [1.807, 2.05) is 23.6 Å². The number of aromatic nitrogens is 1. The average Bonchev–Trinajstić information content (AvgIpc) is 2.82. The van der Waals surface area contributed by atoms with Crippen LogP contribution in [0.2, 0.25) is 0 Å². The SMILES string of the molecule is c1csc(Nc2ccc3c(c2)OCCO3)n1. The summed E-state index contributed by atoms with van der Waals surface area (Å²) in [6.07, 6.45) is 1.77. The first-order valence-corrected chi connectivity index (χ1v) is 5.86. The van der Waals surface area contributed by atoms with Crippen LogP contribution in [0.4, 0.5) is 10.8 Å². The second-order valence-corrected chi connectivity index (χ2v) is 4.22. The van der Waals surface area contributed by atoms with Crippen LogP contribution in [0, 0.1) is 0 Å². The summed E-state index contributed by atoms with van der Waals surface area (Å²) in [5.74, 6) is 1.59. The second-order valence-electron chi connectivity index (χ2n) is 3.32. The topological polar surface area (TPSA) is 43.4 Å². The highest BCUT2D eigenvalue weighted by molar-refractivity contribution is 7.13. The van der Waals surface area contributed by atoms with E-state index in [1.54, 1.807) is 17.5 Å². The Kier molecular flexibility index (Phi) is 2.38. The molecule has 0 aliphatic carbocycles. The molecule has 0 spiro atoms. The van der Waals surface area contributed by atoms with Gasteiger partial charge in [0.05, 0.1) is 0 Å². The van der Waals surface area contributed by atoms with Crippen LogP contribution < -0.4 is 14.8 Å². The molecule has 1 aliphatic rings. The van der Waals surface area contributed by atoms with Gasteiger partial charge in [-0.2, -0.15) is 0 Å². The third-order valence-corrected chi connectivity index (χ3v) is 2.91. The van der Waals surface area contributed by atoms with Crippen molar-refractivity contribution in [3.63, 3.8) is 0 Å². The number of rotatable bonds is 2. The minimum absolute atomic E-state index is 0.605. The van der Waals surface area contributed by atoms with Crippen LogP contribution in [-0.2, 0) is 0 Å². The van der Waals surface area contributed by atoms with Crippen molar-refractivity contribution in [2.24, 2.45) is 0 Å². The molecule has 0 fully saturated rings. The molecule has 1 aromatic heterocycles. The molecule has 3 rings (SSSR count). The summed E-state index contributed by atoms with van der Waals surface area (Å²) in [5.41, 5.74) is 0.958. The zero-order valence-electron chi connectivity index (χ0n) is 8.47. The van der Waals surface area contributed by atoms with E-state index in [-0.39, 0.29) is 0 Å². The highest BCUT2D eigenvalue weighted by atomic mass is 32.1. The summed E-state index contributed by atoms with van der Waals surface area (Å²) < 4.78 is 10.9. The van der Waals surface area contributed by atoms with Crippen molar-refractivity contribution in [3.05, 3.63) is 29.8 Å². The van der Waals surface area contributed by atoms with Gasteiger partial charge >= 0.3 is 0 Å². The highest BCUT2D eigenvalue weighted by Gasteiger charge is 2.11. The number of hydrogen-bond donors (Lipinski definition) is 1. The summed E-state index contributed by atoms with van der Waals surface area (Å²) in [4.78, 5) is 4.16. The normalized spacial score (nSPS) is 13.5. The van der Waals surface area contributed by atoms with Crippen molar-refractivity contribution in [1.29, 1.82) is 0 Å². The van der Waals surface area contributed by atoms with Gasteiger partial charge in [0.1, 0.15) is 13.2 Å². The van der Waals surface area contributed by atoms with Crippen LogP contribution in [0.1, 0.15) is 0 Å². The number of nitrogens with zero attached hydrogens (tertiary/aromatic N) is 1. The monoisotopic (exact) mass is 234 g/mol. The van der Waals surface area contributed by atoms with Crippen LogP contribution in [0.3, 0.4) is 0 Å². The smallest absolute Gasteiger partial charge is 0.187 e. The molecule has 0 radical (unpaired) electrons. The summed E-state index contributed by atoms with van der Waals surface area (Å²) in [5, 5.41) is 6.01. The van der Waals surface area contributed by atoms with Gasteiger partial charge in [-0.1, -0.05) is 0 Å². The van der Waals surface area contributed by atoms with Gasteiger partial charge < -0.3 is 14.8 Å². The van der Waals surface area contributed by atoms with E-state index in [9.17, 15) is 0 Å². The summed E-state index contributed by atoms with van der Waals surface area (Å²) >= 11 is 1.56. The van der Waals surface area contributed by atoms with E-state index >= 15 is 0 Å². The lowest BCUT2D eigenvalue weighted by Gasteiger charge is -2.18. The van der Waals surface area contributed by atoms with Gasteiger partial charge in [-0.05, 0) is 12.1 Å². The molecule has 1 aliphatic heterocycles. The molecule has 1 aromatic carbocycles. The quantitative estimate of drug-likeness (QED) is 0.867. The molecule has 1 N–H and O–H groups in total. The Balaban J connectivity index is 1.86. The number of hydrogen-bond acceptors (Lipinski definition) is 5. The van der Waals surface area contributed by atoms with Gasteiger partial charge in [0.25, 0.3) is 0 Å². The molecule has 4 nitrogen and oxygen atoms in total. The number of thiazole rings is 1. The maximum Gasteiger partial charge on any atom is 0.187 e. The van der Waals surface area contributed by atoms with Crippen molar-refractivity contribution in [2.45, 2.75) is 0 Å².